The van der Waals surface area contributed by atoms with Crippen molar-refractivity contribution in [3.05, 3.63) is 58.6 Å². The van der Waals surface area contributed by atoms with Gasteiger partial charge < -0.3 is 10.0 Å². The van der Waals surface area contributed by atoms with Crippen LogP contribution in [0.15, 0.2) is 42.5 Å². The van der Waals surface area contributed by atoms with Gasteiger partial charge in [-0.05, 0) is 43.2 Å². The first-order valence-electron chi connectivity index (χ1n) is 6.48. The number of phenolic OH excluding ortho intramolecular Hbond substituents is 1. The van der Waals surface area contributed by atoms with Gasteiger partial charge in [-0.3, -0.25) is 4.79 Å². The molecule has 3 nitrogen and oxygen atoms in total. The zero-order valence-corrected chi connectivity index (χ0v) is 11.8. The molecule has 20 heavy (non-hydrogen) atoms. The van der Waals surface area contributed by atoms with Crippen molar-refractivity contribution < 1.29 is 9.90 Å². The Balaban J connectivity index is 2.00. The van der Waals surface area contributed by atoms with Crippen molar-refractivity contribution in [2.45, 2.75) is 19.4 Å². The average molecular weight is 288 g/mol. The van der Waals surface area contributed by atoms with E-state index in [0.29, 0.717) is 5.56 Å². The maximum absolute atomic E-state index is 12.7. The third kappa shape index (κ3) is 2.04. The number of phenols is 1. The molecule has 1 unspecified atom stereocenters. The van der Waals surface area contributed by atoms with Gasteiger partial charge >= 0.3 is 0 Å². The molecule has 1 atom stereocenters. The third-order valence-electron chi connectivity index (χ3n) is 3.62. The Kier molecular flexibility index (Phi) is 3.14. The van der Waals surface area contributed by atoms with Gasteiger partial charge in [-0.25, -0.2) is 0 Å². The van der Waals surface area contributed by atoms with Crippen LogP contribution in [0.4, 0.5) is 5.69 Å². The minimum atomic E-state index is -0.0932. The van der Waals surface area contributed by atoms with Crippen LogP contribution < -0.4 is 4.90 Å². The molecule has 0 bridgehead atoms. The van der Waals surface area contributed by atoms with Gasteiger partial charge in [0.15, 0.2) is 0 Å². The highest BCUT2D eigenvalue weighted by atomic mass is 35.5. The van der Waals surface area contributed by atoms with Gasteiger partial charge in [0.1, 0.15) is 5.75 Å². The van der Waals surface area contributed by atoms with E-state index in [-0.39, 0.29) is 22.7 Å². The number of hydrogen-bond acceptors (Lipinski definition) is 2. The van der Waals surface area contributed by atoms with Gasteiger partial charge in [-0.1, -0.05) is 29.8 Å². The number of carbonyl (C=O) groups is 1. The molecular formula is C16H14ClNO2. The summed E-state index contributed by atoms with van der Waals surface area (Å²) in [6.07, 6.45) is 0.855. The predicted octanol–water partition coefficient (Wildman–Crippen LogP) is 3.64. The van der Waals surface area contributed by atoms with Crippen molar-refractivity contribution in [3.63, 3.8) is 0 Å². The van der Waals surface area contributed by atoms with E-state index < -0.39 is 0 Å². The molecule has 1 N–H and O–H groups in total. The van der Waals surface area contributed by atoms with Crippen molar-refractivity contribution in [2.24, 2.45) is 0 Å². The second-order valence-corrected chi connectivity index (χ2v) is 5.43. The van der Waals surface area contributed by atoms with Crippen LogP contribution >= 0.6 is 11.6 Å². The monoisotopic (exact) mass is 287 g/mol. The number of aromatic hydroxyl groups is 1. The highest BCUT2D eigenvalue weighted by molar-refractivity contribution is 6.32. The van der Waals surface area contributed by atoms with E-state index in [4.69, 9.17) is 11.6 Å². The van der Waals surface area contributed by atoms with E-state index in [1.165, 1.54) is 17.7 Å². The molecule has 0 aliphatic carbocycles. The number of para-hydroxylation sites is 1. The number of rotatable bonds is 1. The van der Waals surface area contributed by atoms with Crippen molar-refractivity contribution in [2.75, 3.05) is 4.90 Å². The number of hydrogen-bond donors (Lipinski definition) is 1. The van der Waals surface area contributed by atoms with Crippen LogP contribution in [0.2, 0.25) is 5.02 Å². The number of fused-ring (bicyclic) bond motifs is 1. The molecule has 0 aromatic heterocycles. The van der Waals surface area contributed by atoms with Crippen LogP contribution in [-0.2, 0) is 6.42 Å². The molecule has 1 aliphatic heterocycles. The van der Waals surface area contributed by atoms with Crippen molar-refractivity contribution >= 4 is 23.2 Å². The molecule has 1 heterocycles. The lowest BCUT2D eigenvalue weighted by Gasteiger charge is -2.23. The molecule has 4 heteroatoms. The summed E-state index contributed by atoms with van der Waals surface area (Å²) >= 11 is 5.88. The predicted molar refractivity (Wildman–Crippen MR) is 79.5 cm³/mol. The molecule has 0 saturated heterocycles. The summed E-state index contributed by atoms with van der Waals surface area (Å²) in [5.74, 6) is -0.109. The Morgan fingerprint density at radius 2 is 2.05 bits per heavy atom. The largest absolute Gasteiger partial charge is 0.506 e. The summed E-state index contributed by atoms with van der Waals surface area (Å²) in [6.45, 7) is 2.03. The summed E-state index contributed by atoms with van der Waals surface area (Å²) in [7, 11) is 0. The lowest BCUT2D eigenvalue weighted by molar-refractivity contribution is 0.0981. The zero-order valence-electron chi connectivity index (χ0n) is 11.0. The zero-order chi connectivity index (χ0) is 14.3. The van der Waals surface area contributed by atoms with E-state index in [1.807, 2.05) is 31.2 Å². The van der Waals surface area contributed by atoms with E-state index in [9.17, 15) is 9.90 Å². The summed E-state index contributed by atoms with van der Waals surface area (Å²) in [6, 6.07) is 12.6. The minimum absolute atomic E-state index is 0.0157. The Hall–Kier alpha value is -2.00. The molecule has 0 saturated carbocycles. The summed E-state index contributed by atoms with van der Waals surface area (Å²) in [5, 5.41) is 9.63. The first-order valence-corrected chi connectivity index (χ1v) is 6.85. The molecule has 102 valence electrons. The van der Waals surface area contributed by atoms with Crippen molar-refractivity contribution in [1.29, 1.82) is 0 Å². The van der Waals surface area contributed by atoms with Crippen LogP contribution in [0, 0.1) is 0 Å². The van der Waals surface area contributed by atoms with Crippen molar-refractivity contribution in [1.82, 2.24) is 0 Å². The quantitative estimate of drug-likeness (QED) is 0.870. The fraction of sp³-hybridized carbons (Fsp3) is 0.188. The molecular weight excluding hydrogens is 274 g/mol. The lowest BCUT2D eigenvalue weighted by Crippen LogP contribution is -2.35. The number of benzene rings is 2. The van der Waals surface area contributed by atoms with E-state index in [1.54, 1.807) is 11.0 Å². The fourth-order valence-corrected chi connectivity index (χ4v) is 2.83. The topological polar surface area (TPSA) is 40.5 Å². The Bertz CT molecular complexity index is 684. The first-order chi connectivity index (χ1) is 9.58. The SMILES string of the molecule is CC1Cc2ccccc2N1C(=O)c1ccc(O)c(Cl)c1. The van der Waals surface area contributed by atoms with Crippen LogP contribution in [0.5, 0.6) is 5.75 Å². The van der Waals surface area contributed by atoms with Gasteiger partial charge in [-0.15, -0.1) is 0 Å². The van der Waals surface area contributed by atoms with E-state index in [2.05, 4.69) is 0 Å². The molecule has 0 fully saturated rings. The highest BCUT2D eigenvalue weighted by Crippen LogP contribution is 2.34. The second kappa shape index (κ2) is 4.84. The standard InChI is InChI=1S/C16H14ClNO2/c1-10-8-11-4-2-3-5-14(11)18(10)16(20)12-6-7-15(19)13(17)9-12/h2-7,9-10,19H,8H2,1H3. The molecule has 2 aromatic rings. The maximum Gasteiger partial charge on any atom is 0.258 e. The molecule has 2 aromatic carbocycles. The van der Waals surface area contributed by atoms with Crippen LogP contribution in [0.25, 0.3) is 0 Å². The van der Waals surface area contributed by atoms with Crippen LogP contribution in [0.1, 0.15) is 22.8 Å². The smallest absolute Gasteiger partial charge is 0.258 e. The second-order valence-electron chi connectivity index (χ2n) is 5.02. The Morgan fingerprint density at radius 3 is 2.80 bits per heavy atom. The number of nitrogens with zero attached hydrogens (tertiary/aromatic N) is 1. The van der Waals surface area contributed by atoms with Gasteiger partial charge in [0, 0.05) is 17.3 Å². The molecule has 0 spiro atoms. The van der Waals surface area contributed by atoms with E-state index >= 15 is 0 Å². The third-order valence-corrected chi connectivity index (χ3v) is 3.92. The maximum atomic E-state index is 12.7. The number of halogens is 1. The lowest BCUT2D eigenvalue weighted by atomic mass is 10.1. The van der Waals surface area contributed by atoms with Gasteiger partial charge in [-0.2, -0.15) is 0 Å². The van der Waals surface area contributed by atoms with Crippen LogP contribution in [-0.4, -0.2) is 17.1 Å². The average Bonchev–Trinajstić information content (AvgIpc) is 2.77. The highest BCUT2D eigenvalue weighted by Gasteiger charge is 2.31. The Labute approximate surface area is 122 Å². The van der Waals surface area contributed by atoms with Crippen molar-refractivity contribution in [3.8, 4) is 5.75 Å². The van der Waals surface area contributed by atoms with Gasteiger partial charge in [0.2, 0.25) is 0 Å². The number of carbonyl (C=O) groups excluding carboxylic acids is 1. The molecule has 3 rings (SSSR count). The normalized spacial score (nSPS) is 17.1. The summed E-state index contributed by atoms with van der Waals surface area (Å²) in [5.41, 5.74) is 2.61. The fourth-order valence-electron chi connectivity index (χ4n) is 2.65. The summed E-state index contributed by atoms with van der Waals surface area (Å²) < 4.78 is 0. The molecule has 1 aliphatic rings. The van der Waals surface area contributed by atoms with Gasteiger partial charge in [0.25, 0.3) is 5.91 Å². The number of amides is 1. The Morgan fingerprint density at radius 1 is 1.30 bits per heavy atom. The molecule has 0 radical (unpaired) electrons. The van der Waals surface area contributed by atoms with Gasteiger partial charge in [0.05, 0.1) is 5.02 Å². The number of anilines is 1. The summed E-state index contributed by atoms with van der Waals surface area (Å²) in [4.78, 5) is 14.5. The first kappa shape index (κ1) is 13.0. The van der Waals surface area contributed by atoms with E-state index in [0.717, 1.165) is 12.1 Å². The molecule has 1 amide bonds. The minimum Gasteiger partial charge on any atom is -0.506 e. The van der Waals surface area contributed by atoms with Crippen LogP contribution in [0.3, 0.4) is 0 Å².